The molecule has 0 saturated heterocycles. The van der Waals surface area contributed by atoms with Crippen molar-refractivity contribution in [3.8, 4) is 11.5 Å². The number of thioether (sulfide) groups is 1. The number of ether oxygens (including phenoxy) is 2. The third kappa shape index (κ3) is 4.35. The van der Waals surface area contributed by atoms with Crippen LogP contribution in [-0.2, 0) is 4.79 Å². The Hall–Kier alpha value is -2.00. The second-order valence-corrected chi connectivity index (χ2v) is 9.32. The standard InChI is InChI=1S/C22H27BrN4O3S/c1-4-10-31-22-25-21-24-15-8-7-9-16(28)18(15)19(27(21)26-22)13-11-14(23)20(30-6-3)17(12-13)29-5-2/h11-12,19H,4-10H2,1-3H3,(H,24,25,26). The van der Waals surface area contributed by atoms with Gasteiger partial charge in [-0.1, -0.05) is 18.7 Å². The van der Waals surface area contributed by atoms with Crippen LogP contribution in [0.2, 0.25) is 0 Å². The summed E-state index contributed by atoms with van der Waals surface area (Å²) in [5.41, 5.74) is 2.64. The Morgan fingerprint density at radius 3 is 2.77 bits per heavy atom. The number of nitrogens with zero attached hydrogens (tertiary/aromatic N) is 3. The number of rotatable bonds is 8. The average molecular weight is 507 g/mol. The number of hydrogen-bond acceptors (Lipinski definition) is 7. The van der Waals surface area contributed by atoms with E-state index in [0.29, 0.717) is 37.1 Å². The molecule has 1 aliphatic heterocycles. The fourth-order valence-electron chi connectivity index (χ4n) is 3.99. The minimum Gasteiger partial charge on any atom is -0.490 e. The zero-order valence-corrected chi connectivity index (χ0v) is 20.4. The SMILES string of the molecule is CCCSc1nc2n(n1)C(c1cc(Br)c(OCC)c(OCC)c1)C1=C(CCCC1=O)N2. The molecule has 0 spiro atoms. The van der Waals surface area contributed by atoms with Crippen molar-refractivity contribution in [2.45, 2.75) is 57.7 Å². The predicted octanol–water partition coefficient (Wildman–Crippen LogP) is 5.36. The Bertz CT molecular complexity index is 1020. The molecule has 0 fully saturated rings. The summed E-state index contributed by atoms with van der Waals surface area (Å²) < 4.78 is 14.3. The van der Waals surface area contributed by atoms with Crippen molar-refractivity contribution in [2.75, 3.05) is 24.3 Å². The van der Waals surface area contributed by atoms with Crippen molar-refractivity contribution in [1.29, 1.82) is 0 Å². The van der Waals surface area contributed by atoms with Crippen molar-refractivity contribution >= 4 is 39.4 Å². The number of hydrogen-bond donors (Lipinski definition) is 1. The van der Waals surface area contributed by atoms with Crippen LogP contribution in [-0.4, -0.2) is 39.5 Å². The number of benzene rings is 1. The molecule has 2 aromatic rings. The van der Waals surface area contributed by atoms with Crippen LogP contribution >= 0.6 is 27.7 Å². The summed E-state index contributed by atoms with van der Waals surface area (Å²) >= 11 is 5.28. The number of fused-ring (bicyclic) bond motifs is 1. The zero-order chi connectivity index (χ0) is 22.0. The Kier molecular flexibility index (Phi) is 6.91. The number of Topliss-reactive ketones (excluding diaryl/α,β-unsaturated/α-hetero) is 1. The molecule has 166 valence electrons. The van der Waals surface area contributed by atoms with Crippen LogP contribution < -0.4 is 14.8 Å². The van der Waals surface area contributed by atoms with Gasteiger partial charge in [0.1, 0.15) is 6.04 Å². The number of carbonyl (C=O) groups is 1. The third-order valence-corrected chi connectivity index (χ3v) is 6.85. The van der Waals surface area contributed by atoms with Gasteiger partial charge < -0.3 is 14.8 Å². The second-order valence-electron chi connectivity index (χ2n) is 7.40. The molecule has 0 saturated carbocycles. The van der Waals surface area contributed by atoms with Gasteiger partial charge in [-0.2, -0.15) is 4.98 Å². The van der Waals surface area contributed by atoms with Gasteiger partial charge in [-0.15, -0.1) is 5.10 Å². The predicted molar refractivity (Wildman–Crippen MR) is 125 cm³/mol. The van der Waals surface area contributed by atoms with E-state index in [4.69, 9.17) is 19.6 Å². The quantitative estimate of drug-likeness (QED) is 0.482. The first-order chi connectivity index (χ1) is 15.1. The summed E-state index contributed by atoms with van der Waals surface area (Å²) in [4.78, 5) is 17.7. The Labute approximate surface area is 195 Å². The molecule has 1 aliphatic carbocycles. The molecule has 2 aliphatic rings. The van der Waals surface area contributed by atoms with Gasteiger partial charge in [-0.25, -0.2) is 4.68 Å². The average Bonchev–Trinajstić information content (AvgIpc) is 3.15. The Balaban J connectivity index is 1.85. The van der Waals surface area contributed by atoms with E-state index in [1.165, 1.54) is 0 Å². The molecular formula is C22H27BrN4O3S. The van der Waals surface area contributed by atoms with Crippen molar-refractivity contribution in [1.82, 2.24) is 14.8 Å². The maximum atomic E-state index is 13.0. The maximum Gasteiger partial charge on any atom is 0.227 e. The molecule has 1 atom stereocenters. The van der Waals surface area contributed by atoms with Gasteiger partial charge in [0.05, 0.1) is 17.7 Å². The Morgan fingerprint density at radius 2 is 2.03 bits per heavy atom. The first-order valence-electron chi connectivity index (χ1n) is 10.8. The summed E-state index contributed by atoms with van der Waals surface area (Å²) in [5.74, 6) is 3.11. The van der Waals surface area contributed by atoms with E-state index in [0.717, 1.165) is 51.5 Å². The smallest absolute Gasteiger partial charge is 0.227 e. The van der Waals surface area contributed by atoms with E-state index >= 15 is 0 Å². The fourth-order valence-corrected chi connectivity index (χ4v) is 5.25. The molecule has 1 N–H and O–H groups in total. The van der Waals surface area contributed by atoms with E-state index in [-0.39, 0.29) is 11.8 Å². The Morgan fingerprint density at radius 1 is 1.23 bits per heavy atom. The molecule has 1 aromatic carbocycles. The van der Waals surface area contributed by atoms with Crippen LogP contribution in [0.15, 0.2) is 33.0 Å². The summed E-state index contributed by atoms with van der Waals surface area (Å²) in [6.07, 6.45) is 3.27. The topological polar surface area (TPSA) is 78.3 Å². The van der Waals surface area contributed by atoms with Gasteiger partial charge in [-0.3, -0.25) is 4.79 Å². The molecule has 4 rings (SSSR count). The molecule has 9 heteroatoms. The van der Waals surface area contributed by atoms with E-state index in [1.807, 2.05) is 30.7 Å². The van der Waals surface area contributed by atoms with E-state index < -0.39 is 0 Å². The number of allylic oxidation sites excluding steroid dienone is 2. The van der Waals surface area contributed by atoms with Gasteiger partial charge in [0.2, 0.25) is 11.1 Å². The first-order valence-corrected chi connectivity index (χ1v) is 12.6. The van der Waals surface area contributed by atoms with Crippen molar-refractivity contribution < 1.29 is 14.3 Å². The van der Waals surface area contributed by atoms with Crippen LogP contribution in [0, 0.1) is 0 Å². The minimum absolute atomic E-state index is 0.158. The molecule has 0 radical (unpaired) electrons. The summed E-state index contributed by atoms with van der Waals surface area (Å²) in [6, 6.07) is 3.61. The zero-order valence-electron chi connectivity index (χ0n) is 18.0. The number of halogens is 1. The van der Waals surface area contributed by atoms with Gasteiger partial charge in [0.15, 0.2) is 17.3 Å². The largest absolute Gasteiger partial charge is 0.490 e. The molecule has 7 nitrogen and oxygen atoms in total. The van der Waals surface area contributed by atoms with Crippen LogP contribution in [0.5, 0.6) is 11.5 Å². The summed E-state index contributed by atoms with van der Waals surface area (Å²) in [7, 11) is 0. The monoisotopic (exact) mass is 506 g/mol. The highest BCUT2D eigenvalue weighted by Gasteiger charge is 2.37. The van der Waals surface area contributed by atoms with Crippen molar-refractivity contribution in [2.24, 2.45) is 0 Å². The van der Waals surface area contributed by atoms with Crippen molar-refractivity contribution in [3.63, 3.8) is 0 Å². The number of aromatic nitrogens is 3. The molecule has 0 bridgehead atoms. The van der Waals surface area contributed by atoms with Gasteiger partial charge in [-0.05, 0) is 66.7 Å². The van der Waals surface area contributed by atoms with Gasteiger partial charge >= 0.3 is 0 Å². The fraction of sp³-hybridized carbons (Fsp3) is 0.500. The lowest BCUT2D eigenvalue weighted by atomic mass is 9.85. The number of anilines is 1. The first kappa shape index (κ1) is 22.2. The number of nitrogens with one attached hydrogen (secondary N) is 1. The molecule has 1 aromatic heterocycles. The number of ketones is 1. The van der Waals surface area contributed by atoms with E-state index in [2.05, 4.69) is 28.2 Å². The molecular weight excluding hydrogens is 480 g/mol. The van der Waals surface area contributed by atoms with Crippen LogP contribution in [0.3, 0.4) is 0 Å². The molecule has 31 heavy (non-hydrogen) atoms. The lowest BCUT2D eigenvalue weighted by molar-refractivity contribution is -0.116. The van der Waals surface area contributed by atoms with E-state index in [9.17, 15) is 4.79 Å². The normalized spacial score (nSPS) is 17.8. The maximum absolute atomic E-state index is 13.0. The highest BCUT2D eigenvalue weighted by atomic mass is 79.9. The highest BCUT2D eigenvalue weighted by Crippen LogP contribution is 2.45. The van der Waals surface area contributed by atoms with Crippen LogP contribution in [0.4, 0.5) is 5.95 Å². The molecule has 1 unspecified atom stereocenters. The lowest BCUT2D eigenvalue weighted by Crippen LogP contribution is -2.31. The summed E-state index contributed by atoms with van der Waals surface area (Å²) in [5, 5.41) is 8.87. The number of carbonyl (C=O) groups excluding carboxylic acids is 1. The highest BCUT2D eigenvalue weighted by molar-refractivity contribution is 9.10. The molecule has 2 heterocycles. The lowest BCUT2D eigenvalue weighted by Gasteiger charge is -2.32. The van der Waals surface area contributed by atoms with Crippen molar-refractivity contribution in [3.05, 3.63) is 33.4 Å². The minimum atomic E-state index is -0.353. The van der Waals surface area contributed by atoms with Gasteiger partial charge in [0.25, 0.3) is 0 Å². The second kappa shape index (κ2) is 9.65. The van der Waals surface area contributed by atoms with E-state index in [1.54, 1.807) is 11.8 Å². The molecule has 0 amide bonds. The third-order valence-electron chi connectivity index (χ3n) is 5.22. The van der Waals surface area contributed by atoms with Crippen LogP contribution in [0.1, 0.15) is 58.1 Å². The summed E-state index contributed by atoms with van der Waals surface area (Å²) in [6.45, 7) is 7.07. The van der Waals surface area contributed by atoms with Gasteiger partial charge in [0, 0.05) is 23.4 Å². The van der Waals surface area contributed by atoms with Crippen LogP contribution in [0.25, 0.3) is 0 Å².